The highest BCUT2D eigenvalue weighted by Gasteiger charge is 2.28. The molecule has 3 rings (SSSR count). The second-order valence-corrected chi connectivity index (χ2v) is 5.56. The van der Waals surface area contributed by atoms with Gasteiger partial charge in [-0.1, -0.05) is 42.5 Å². The second-order valence-electron chi connectivity index (χ2n) is 5.56. The van der Waals surface area contributed by atoms with Crippen LogP contribution in [0, 0.1) is 11.7 Å². The van der Waals surface area contributed by atoms with Crippen LogP contribution in [0.15, 0.2) is 48.5 Å². The summed E-state index contributed by atoms with van der Waals surface area (Å²) in [5.74, 6) is 0.369. The van der Waals surface area contributed by atoms with E-state index in [1.807, 2.05) is 19.2 Å². The van der Waals surface area contributed by atoms with E-state index >= 15 is 0 Å². The van der Waals surface area contributed by atoms with Crippen LogP contribution in [-0.4, -0.2) is 7.05 Å². The molecule has 0 aromatic heterocycles. The molecule has 104 valence electrons. The number of aryl methyl sites for hydroxylation is 1. The molecule has 0 heterocycles. The zero-order valence-electron chi connectivity index (χ0n) is 11.8. The highest BCUT2D eigenvalue weighted by molar-refractivity contribution is 5.33. The van der Waals surface area contributed by atoms with Crippen molar-refractivity contribution in [2.24, 2.45) is 5.92 Å². The lowest BCUT2D eigenvalue weighted by Gasteiger charge is -2.33. The Balaban J connectivity index is 1.87. The third-order valence-corrected chi connectivity index (χ3v) is 4.40. The summed E-state index contributed by atoms with van der Waals surface area (Å²) in [4.78, 5) is 0. The van der Waals surface area contributed by atoms with E-state index in [9.17, 15) is 4.39 Å². The molecule has 2 aromatic carbocycles. The largest absolute Gasteiger partial charge is 0.313 e. The first kappa shape index (κ1) is 13.3. The van der Waals surface area contributed by atoms with E-state index in [-0.39, 0.29) is 5.82 Å². The average molecular weight is 269 g/mol. The highest BCUT2D eigenvalue weighted by Crippen LogP contribution is 2.36. The lowest BCUT2D eigenvalue weighted by molar-refractivity contribution is 0.331. The molecule has 0 saturated heterocycles. The Morgan fingerprint density at radius 1 is 1.10 bits per heavy atom. The number of benzene rings is 2. The van der Waals surface area contributed by atoms with E-state index in [1.165, 1.54) is 11.1 Å². The van der Waals surface area contributed by atoms with Gasteiger partial charge in [-0.15, -0.1) is 0 Å². The summed E-state index contributed by atoms with van der Waals surface area (Å²) in [6.45, 7) is 0. The summed E-state index contributed by atoms with van der Waals surface area (Å²) in [5, 5.41) is 3.43. The summed E-state index contributed by atoms with van der Waals surface area (Å²) < 4.78 is 13.9. The summed E-state index contributed by atoms with van der Waals surface area (Å²) in [5.41, 5.74) is 3.64. The molecule has 0 bridgehead atoms. The Morgan fingerprint density at radius 2 is 1.85 bits per heavy atom. The van der Waals surface area contributed by atoms with Gasteiger partial charge in [0, 0.05) is 6.04 Å². The molecule has 0 aliphatic heterocycles. The van der Waals surface area contributed by atoms with Gasteiger partial charge in [0.25, 0.3) is 0 Å². The molecule has 0 spiro atoms. The van der Waals surface area contributed by atoms with Crippen molar-refractivity contribution < 1.29 is 4.39 Å². The maximum Gasteiger partial charge on any atom is 0.126 e. The van der Waals surface area contributed by atoms with Crippen molar-refractivity contribution in [3.05, 3.63) is 71.0 Å². The van der Waals surface area contributed by atoms with Crippen LogP contribution in [0.25, 0.3) is 0 Å². The molecule has 2 aromatic rings. The molecule has 1 aliphatic carbocycles. The highest BCUT2D eigenvalue weighted by atomic mass is 19.1. The standard InChI is InChI=1S/C18H20FN/c1-20-18-15(12-14-7-3-5-9-17(14)19)11-10-13-6-2-4-8-16(13)18/h2-9,15,18,20H,10-12H2,1H3. The topological polar surface area (TPSA) is 12.0 Å². The molecule has 1 aliphatic rings. The van der Waals surface area contributed by atoms with E-state index in [0.29, 0.717) is 12.0 Å². The van der Waals surface area contributed by atoms with Crippen LogP contribution < -0.4 is 5.32 Å². The number of hydrogen-bond donors (Lipinski definition) is 1. The average Bonchev–Trinajstić information content (AvgIpc) is 2.49. The van der Waals surface area contributed by atoms with Crippen molar-refractivity contribution in [3.8, 4) is 0 Å². The van der Waals surface area contributed by atoms with Crippen LogP contribution in [0.1, 0.15) is 29.2 Å². The van der Waals surface area contributed by atoms with Crippen LogP contribution in [0.2, 0.25) is 0 Å². The Bertz CT molecular complexity index is 593. The third-order valence-electron chi connectivity index (χ3n) is 4.40. The van der Waals surface area contributed by atoms with E-state index in [0.717, 1.165) is 24.8 Å². The zero-order valence-corrected chi connectivity index (χ0v) is 11.8. The first-order valence-electron chi connectivity index (χ1n) is 7.28. The molecule has 1 nitrogen and oxygen atoms in total. The summed E-state index contributed by atoms with van der Waals surface area (Å²) in [6.07, 6.45) is 3.00. The minimum atomic E-state index is -0.0822. The van der Waals surface area contributed by atoms with Gasteiger partial charge >= 0.3 is 0 Å². The van der Waals surface area contributed by atoms with Crippen molar-refractivity contribution in [2.45, 2.75) is 25.3 Å². The molecular formula is C18H20FN. The molecule has 0 radical (unpaired) electrons. The molecule has 2 heteroatoms. The number of hydrogen-bond acceptors (Lipinski definition) is 1. The summed E-state index contributed by atoms with van der Waals surface area (Å²) >= 11 is 0. The monoisotopic (exact) mass is 269 g/mol. The van der Waals surface area contributed by atoms with E-state index < -0.39 is 0 Å². The van der Waals surface area contributed by atoms with Gasteiger partial charge < -0.3 is 5.32 Å². The predicted octanol–water partition coefficient (Wildman–Crippen LogP) is 3.89. The molecule has 2 atom stereocenters. The second kappa shape index (κ2) is 5.76. The minimum absolute atomic E-state index is 0.0822. The fourth-order valence-corrected chi connectivity index (χ4v) is 3.38. The van der Waals surface area contributed by atoms with Gasteiger partial charge in [0.2, 0.25) is 0 Å². The third kappa shape index (κ3) is 2.48. The number of nitrogens with one attached hydrogen (secondary N) is 1. The smallest absolute Gasteiger partial charge is 0.126 e. The van der Waals surface area contributed by atoms with Crippen molar-refractivity contribution in [1.82, 2.24) is 5.32 Å². The van der Waals surface area contributed by atoms with Gasteiger partial charge in [-0.25, -0.2) is 4.39 Å². The Morgan fingerprint density at radius 3 is 2.65 bits per heavy atom. The van der Waals surface area contributed by atoms with Crippen molar-refractivity contribution in [2.75, 3.05) is 7.05 Å². The SMILES string of the molecule is CNC1c2ccccc2CCC1Cc1ccccc1F. The van der Waals surface area contributed by atoms with Crippen LogP contribution >= 0.6 is 0 Å². The van der Waals surface area contributed by atoms with E-state index in [4.69, 9.17) is 0 Å². The zero-order chi connectivity index (χ0) is 13.9. The molecular weight excluding hydrogens is 249 g/mol. The molecule has 0 fully saturated rings. The Kier molecular flexibility index (Phi) is 3.83. The van der Waals surface area contributed by atoms with Crippen LogP contribution in [0.5, 0.6) is 0 Å². The minimum Gasteiger partial charge on any atom is -0.313 e. The fraction of sp³-hybridized carbons (Fsp3) is 0.333. The molecule has 20 heavy (non-hydrogen) atoms. The molecule has 1 N–H and O–H groups in total. The van der Waals surface area contributed by atoms with E-state index in [1.54, 1.807) is 12.1 Å². The number of rotatable bonds is 3. The predicted molar refractivity (Wildman–Crippen MR) is 80.2 cm³/mol. The number of fused-ring (bicyclic) bond motifs is 1. The van der Waals surface area contributed by atoms with Crippen molar-refractivity contribution in [3.63, 3.8) is 0 Å². The Hall–Kier alpha value is -1.67. The van der Waals surface area contributed by atoms with Crippen molar-refractivity contribution >= 4 is 0 Å². The quantitative estimate of drug-likeness (QED) is 0.891. The Labute approximate surface area is 119 Å². The van der Waals surface area contributed by atoms with Gasteiger partial charge in [0.1, 0.15) is 5.82 Å². The van der Waals surface area contributed by atoms with Crippen LogP contribution in [0.4, 0.5) is 4.39 Å². The maximum atomic E-state index is 13.9. The summed E-state index contributed by atoms with van der Waals surface area (Å²) in [6, 6.07) is 16.1. The van der Waals surface area contributed by atoms with Gasteiger partial charge in [0.15, 0.2) is 0 Å². The fourth-order valence-electron chi connectivity index (χ4n) is 3.38. The van der Waals surface area contributed by atoms with Gasteiger partial charge in [-0.2, -0.15) is 0 Å². The normalized spacial score (nSPS) is 21.5. The first-order chi connectivity index (χ1) is 9.79. The maximum absolute atomic E-state index is 13.9. The van der Waals surface area contributed by atoms with Gasteiger partial charge in [-0.05, 0) is 55.0 Å². The number of halogens is 1. The van der Waals surface area contributed by atoms with Gasteiger partial charge in [-0.3, -0.25) is 0 Å². The van der Waals surface area contributed by atoms with Crippen LogP contribution in [-0.2, 0) is 12.8 Å². The van der Waals surface area contributed by atoms with Crippen molar-refractivity contribution in [1.29, 1.82) is 0 Å². The molecule has 2 unspecified atom stereocenters. The van der Waals surface area contributed by atoms with Crippen LogP contribution in [0.3, 0.4) is 0 Å². The summed E-state index contributed by atoms with van der Waals surface area (Å²) in [7, 11) is 2.00. The molecule has 0 saturated carbocycles. The first-order valence-corrected chi connectivity index (χ1v) is 7.28. The van der Waals surface area contributed by atoms with Gasteiger partial charge in [0.05, 0.1) is 0 Å². The lowest BCUT2D eigenvalue weighted by Crippen LogP contribution is -2.31. The molecule has 0 amide bonds. The lowest BCUT2D eigenvalue weighted by atomic mass is 9.77. The van der Waals surface area contributed by atoms with E-state index in [2.05, 4.69) is 29.6 Å².